The van der Waals surface area contributed by atoms with Gasteiger partial charge in [-0.2, -0.15) is 18.2 Å². The van der Waals surface area contributed by atoms with E-state index in [1.165, 1.54) is 12.3 Å². The van der Waals surface area contributed by atoms with Crippen molar-refractivity contribution in [2.24, 2.45) is 0 Å². The Hall–Kier alpha value is -2.76. The van der Waals surface area contributed by atoms with E-state index in [1.807, 2.05) is 0 Å². The number of aldehydes is 1. The summed E-state index contributed by atoms with van der Waals surface area (Å²) in [5.41, 5.74) is 0.310. The molecule has 23 heavy (non-hydrogen) atoms. The van der Waals surface area contributed by atoms with E-state index in [0.717, 1.165) is 12.8 Å². The molecule has 9 heteroatoms. The molecule has 0 aromatic carbocycles. The Kier molecular flexibility index (Phi) is 3.39. The SMILES string of the molecule is [C-]#[N+]C1(Cc2cc(-c3noc(C(F)(F)F)n3)cnc2C=O)CC1. The van der Waals surface area contributed by atoms with Gasteiger partial charge in [0, 0.05) is 24.6 Å². The van der Waals surface area contributed by atoms with Crippen LogP contribution in [-0.4, -0.2) is 26.9 Å². The second-order valence-electron chi connectivity index (χ2n) is 5.32. The highest BCUT2D eigenvalue weighted by Crippen LogP contribution is 2.43. The fourth-order valence-corrected chi connectivity index (χ4v) is 2.17. The van der Waals surface area contributed by atoms with Gasteiger partial charge in [-0.05, 0) is 11.6 Å². The Labute approximate surface area is 128 Å². The molecule has 0 bridgehead atoms. The van der Waals surface area contributed by atoms with Gasteiger partial charge in [-0.1, -0.05) is 5.16 Å². The molecule has 1 aliphatic carbocycles. The van der Waals surface area contributed by atoms with Crippen LogP contribution in [0.15, 0.2) is 16.8 Å². The van der Waals surface area contributed by atoms with E-state index in [2.05, 4.69) is 24.5 Å². The summed E-state index contributed by atoms with van der Waals surface area (Å²) < 4.78 is 41.7. The number of nitrogens with zero attached hydrogens (tertiary/aromatic N) is 4. The van der Waals surface area contributed by atoms with E-state index < -0.39 is 17.6 Å². The molecule has 2 heterocycles. The number of carbonyl (C=O) groups excluding carboxylic acids is 1. The first kappa shape index (κ1) is 15.1. The Morgan fingerprint density at radius 1 is 1.43 bits per heavy atom. The summed E-state index contributed by atoms with van der Waals surface area (Å²) in [6, 6.07) is 1.48. The third-order valence-corrected chi connectivity index (χ3v) is 3.62. The summed E-state index contributed by atoms with van der Waals surface area (Å²) in [4.78, 5) is 21.8. The fourth-order valence-electron chi connectivity index (χ4n) is 2.17. The van der Waals surface area contributed by atoms with E-state index >= 15 is 0 Å². The van der Waals surface area contributed by atoms with Gasteiger partial charge in [-0.15, -0.1) is 0 Å². The number of alkyl halides is 3. The van der Waals surface area contributed by atoms with Gasteiger partial charge in [0.25, 0.3) is 0 Å². The Balaban J connectivity index is 1.96. The van der Waals surface area contributed by atoms with Gasteiger partial charge >= 0.3 is 12.1 Å². The zero-order valence-corrected chi connectivity index (χ0v) is 11.6. The van der Waals surface area contributed by atoms with Crippen molar-refractivity contribution in [3.8, 4) is 11.4 Å². The number of aromatic nitrogens is 3. The first-order valence-corrected chi connectivity index (χ1v) is 6.61. The summed E-state index contributed by atoms with van der Waals surface area (Å²) in [6.45, 7) is 7.19. The molecule has 0 amide bonds. The third-order valence-electron chi connectivity index (χ3n) is 3.62. The van der Waals surface area contributed by atoms with Crippen LogP contribution in [0, 0.1) is 6.57 Å². The van der Waals surface area contributed by atoms with Crippen LogP contribution in [-0.2, 0) is 12.6 Å². The first-order chi connectivity index (χ1) is 10.9. The quantitative estimate of drug-likeness (QED) is 0.639. The van der Waals surface area contributed by atoms with Crippen molar-refractivity contribution in [1.82, 2.24) is 15.1 Å². The molecule has 0 saturated heterocycles. The van der Waals surface area contributed by atoms with E-state index in [-0.39, 0.29) is 17.1 Å². The van der Waals surface area contributed by atoms with Crippen LogP contribution in [0.2, 0.25) is 0 Å². The average molecular weight is 322 g/mol. The smallest absolute Gasteiger partial charge is 0.329 e. The lowest BCUT2D eigenvalue weighted by atomic mass is 10.0. The molecule has 3 rings (SSSR count). The minimum atomic E-state index is -4.73. The highest BCUT2D eigenvalue weighted by molar-refractivity contribution is 5.76. The van der Waals surface area contributed by atoms with Gasteiger partial charge in [-0.25, -0.2) is 6.57 Å². The molecule has 0 radical (unpaired) electrons. The van der Waals surface area contributed by atoms with E-state index in [4.69, 9.17) is 6.57 Å². The van der Waals surface area contributed by atoms with Crippen LogP contribution in [0.3, 0.4) is 0 Å². The molecule has 1 fully saturated rings. The fraction of sp³-hybridized carbons (Fsp3) is 0.357. The lowest BCUT2D eigenvalue weighted by molar-refractivity contribution is -0.159. The maximum absolute atomic E-state index is 12.5. The van der Waals surface area contributed by atoms with Gasteiger partial charge in [0.05, 0.1) is 6.42 Å². The van der Waals surface area contributed by atoms with Crippen molar-refractivity contribution in [3.63, 3.8) is 0 Å². The Morgan fingerprint density at radius 2 is 2.17 bits per heavy atom. The van der Waals surface area contributed by atoms with Crippen molar-refractivity contribution < 1.29 is 22.5 Å². The van der Waals surface area contributed by atoms with Crippen molar-refractivity contribution in [2.45, 2.75) is 31.0 Å². The second-order valence-corrected chi connectivity index (χ2v) is 5.32. The van der Waals surface area contributed by atoms with Crippen molar-refractivity contribution in [3.05, 3.63) is 40.8 Å². The molecule has 0 unspecified atom stereocenters. The van der Waals surface area contributed by atoms with Gasteiger partial charge in [0.2, 0.25) is 11.4 Å². The van der Waals surface area contributed by atoms with Crippen molar-refractivity contribution in [2.75, 3.05) is 0 Å². The van der Waals surface area contributed by atoms with Crippen LogP contribution in [0.1, 0.15) is 34.8 Å². The molecule has 118 valence electrons. The molecule has 0 N–H and O–H groups in total. The number of hydrogen-bond acceptors (Lipinski definition) is 5. The zero-order valence-electron chi connectivity index (χ0n) is 11.6. The van der Waals surface area contributed by atoms with Crippen LogP contribution < -0.4 is 0 Å². The maximum Gasteiger partial charge on any atom is 0.471 e. The summed E-state index contributed by atoms with van der Waals surface area (Å²) in [5, 5.41) is 3.29. The lowest BCUT2D eigenvalue weighted by Gasteiger charge is -2.06. The van der Waals surface area contributed by atoms with Crippen LogP contribution in [0.25, 0.3) is 16.2 Å². The van der Waals surface area contributed by atoms with E-state index in [1.54, 1.807) is 0 Å². The predicted molar refractivity (Wildman–Crippen MR) is 70.2 cm³/mol. The average Bonchev–Trinajstić information content (AvgIpc) is 3.10. The topological polar surface area (TPSA) is 73.2 Å². The number of hydrogen-bond donors (Lipinski definition) is 0. The second kappa shape index (κ2) is 5.15. The standard InChI is InChI=1S/C14H9F3N4O2/c1-18-13(2-3-13)5-8-4-9(6-19-10(8)7-22)11-20-12(23-21-11)14(15,16)17/h4,6-7H,2-3,5H2. The minimum Gasteiger partial charge on any atom is -0.329 e. The van der Waals surface area contributed by atoms with Gasteiger partial charge in [-0.3, -0.25) is 9.78 Å². The first-order valence-electron chi connectivity index (χ1n) is 6.61. The van der Waals surface area contributed by atoms with Crippen LogP contribution in [0.5, 0.6) is 0 Å². The summed E-state index contributed by atoms with van der Waals surface area (Å²) in [6.07, 6.45) is -1.22. The molecule has 0 atom stereocenters. The van der Waals surface area contributed by atoms with Gasteiger partial charge in [0.15, 0.2) is 6.29 Å². The van der Waals surface area contributed by atoms with Crippen molar-refractivity contribution in [1.29, 1.82) is 0 Å². The Morgan fingerprint density at radius 3 is 2.70 bits per heavy atom. The summed E-state index contributed by atoms with van der Waals surface area (Å²) >= 11 is 0. The monoisotopic (exact) mass is 322 g/mol. The van der Waals surface area contributed by atoms with E-state index in [0.29, 0.717) is 18.3 Å². The molecule has 0 spiro atoms. The molecule has 6 nitrogen and oxygen atoms in total. The molecule has 2 aromatic rings. The number of rotatable bonds is 4. The van der Waals surface area contributed by atoms with Crippen molar-refractivity contribution >= 4 is 6.29 Å². The third kappa shape index (κ3) is 2.92. The highest BCUT2D eigenvalue weighted by atomic mass is 19.4. The molecular formula is C14H9F3N4O2. The van der Waals surface area contributed by atoms with Crippen LogP contribution >= 0.6 is 0 Å². The molecule has 1 saturated carbocycles. The van der Waals surface area contributed by atoms with Gasteiger partial charge < -0.3 is 9.37 Å². The van der Waals surface area contributed by atoms with Gasteiger partial charge in [0.1, 0.15) is 5.69 Å². The number of carbonyl (C=O) groups is 1. The molecule has 0 aliphatic heterocycles. The Bertz CT molecular complexity index is 803. The number of pyridine rings is 1. The van der Waals surface area contributed by atoms with E-state index in [9.17, 15) is 18.0 Å². The van der Waals surface area contributed by atoms with Crippen LogP contribution in [0.4, 0.5) is 13.2 Å². The highest BCUT2D eigenvalue weighted by Gasteiger charge is 2.51. The lowest BCUT2D eigenvalue weighted by Crippen LogP contribution is -2.10. The largest absolute Gasteiger partial charge is 0.471 e. The zero-order chi connectivity index (χ0) is 16.7. The minimum absolute atomic E-state index is 0.156. The predicted octanol–water partition coefficient (Wildman–Crippen LogP) is 2.96. The summed E-state index contributed by atoms with van der Waals surface area (Å²) in [5.74, 6) is -1.72. The normalized spacial score (nSPS) is 15.9. The molecule has 1 aliphatic rings. The number of halogens is 3. The molecule has 2 aromatic heterocycles. The molecular weight excluding hydrogens is 313 g/mol. The summed E-state index contributed by atoms with van der Waals surface area (Å²) in [7, 11) is 0. The maximum atomic E-state index is 12.5.